The van der Waals surface area contributed by atoms with Crippen LogP contribution in [0.2, 0.25) is 0 Å². The highest BCUT2D eigenvalue weighted by Crippen LogP contribution is 2.23. The van der Waals surface area contributed by atoms with Gasteiger partial charge >= 0.3 is 0 Å². The second-order valence-corrected chi connectivity index (χ2v) is 9.63. The summed E-state index contributed by atoms with van der Waals surface area (Å²) in [6.45, 7) is 6.54. The summed E-state index contributed by atoms with van der Waals surface area (Å²) in [6, 6.07) is 2.21. The van der Waals surface area contributed by atoms with Crippen molar-refractivity contribution in [2.45, 2.75) is 32.4 Å². The third-order valence-corrected chi connectivity index (χ3v) is 7.28. The molecular weight excluding hydrogens is 344 g/mol. The van der Waals surface area contributed by atoms with E-state index in [1.807, 2.05) is 18.3 Å². The summed E-state index contributed by atoms with van der Waals surface area (Å²) < 4.78 is 23.1. The van der Waals surface area contributed by atoms with Crippen molar-refractivity contribution >= 4 is 27.1 Å². The Kier molecular flexibility index (Phi) is 5.78. The van der Waals surface area contributed by atoms with E-state index in [0.29, 0.717) is 13.0 Å². The number of hydrogen-bond donors (Lipinski definition) is 2. The molecule has 0 aliphatic carbocycles. The minimum absolute atomic E-state index is 0.0175. The highest BCUT2D eigenvalue weighted by Gasteiger charge is 2.28. The van der Waals surface area contributed by atoms with E-state index >= 15 is 0 Å². The molecule has 2 aliphatic rings. The van der Waals surface area contributed by atoms with Crippen LogP contribution in [-0.2, 0) is 22.8 Å². The van der Waals surface area contributed by atoms with Crippen molar-refractivity contribution < 1.29 is 8.42 Å². The fourth-order valence-electron chi connectivity index (χ4n) is 3.22. The van der Waals surface area contributed by atoms with Crippen molar-refractivity contribution in [3.05, 3.63) is 21.9 Å². The maximum atomic E-state index is 11.6. The quantitative estimate of drug-likeness (QED) is 0.594. The average Bonchev–Trinajstić information content (AvgIpc) is 3.13. The molecule has 1 fully saturated rings. The van der Waals surface area contributed by atoms with Crippen molar-refractivity contribution in [2.24, 2.45) is 4.99 Å². The number of rotatable bonds is 5. The fraction of sp³-hybridized carbons (Fsp3) is 0.688. The van der Waals surface area contributed by atoms with Gasteiger partial charge in [-0.15, -0.1) is 11.3 Å². The van der Waals surface area contributed by atoms with Gasteiger partial charge in [-0.25, -0.2) is 8.42 Å². The molecular formula is C16H26N4O2S2. The van der Waals surface area contributed by atoms with Gasteiger partial charge in [-0.2, -0.15) is 0 Å². The molecule has 0 spiro atoms. The molecule has 8 heteroatoms. The summed E-state index contributed by atoms with van der Waals surface area (Å²) >= 11 is 1.86. The van der Waals surface area contributed by atoms with Crippen molar-refractivity contribution in [3.8, 4) is 0 Å². The molecule has 0 aromatic carbocycles. The lowest BCUT2D eigenvalue weighted by Crippen LogP contribution is -2.44. The molecule has 2 aliphatic heterocycles. The van der Waals surface area contributed by atoms with Gasteiger partial charge in [0.1, 0.15) is 0 Å². The topological polar surface area (TPSA) is 73.8 Å². The summed E-state index contributed by atoms with van der Waals surface area (Å²) in [4.78, 5) is 8.58. The zero-order valence-electron chi connectivity index (χ0n) is 14.1. The number of fused-ring (bicyclic) bond motifs is 1. The molecule has 0 saturated carbocycles. The normalized spacial score (nSPS) is 23.9. The van der Waals surface area contributed by atoms with E-state index in [9.17, 15) is 8.42 Å². The maximum Gasteiger partial charge on any atom is 0.191 e. The van der Waals surface area contributed by atoms with E-state index in [4.69, 9.17) is 0 Å². The summed E-state index contributed by atoms with van der Waals surface area (Å²) in [5.74, 6) is 1.22. The molecule has 2 N–H and O–H groups in total. The first kappa shape index (κ1) is 17.7. The Hall–Kier alpha value is -1.12. The lowest BCUT2D eigenvalue weighted by molar-refractivity contribution is 0.263. The van der Waals surface area contributed by atoms with Crippen molar-refractivity contribution in [3.63, 3.8) is 0 Å². The Morgan fingerprint density at radius 3 is 3.12 bits per heavy atom. The van der Waals surface area contributed by atoms with Crippen LogP contribution in [0.25, 0.3) is 0 Å². The molecule has 1 aromatic heterocycles. The van der Waals surface area contributed by atoms with Crippen LogP contribution in [0.5, 0.6) is 0 Å². The second kappa shape index (κ2) is 7.84. The summed E-state index contributed by atoms with van der Waals surface area (Å²) in [5, 5.41) is 8.65. The number of nitrogens with zero attached hydrogens (tertiary/aromatic N) is 2. The summed E-state index contributed by atoms with van der Waals surface area (Å²) in [6.07, 6.45) is 1.80. The first-order chi connectivity index (χ1) is 11.6. The van der Waals surface area contributed by atoms with Gasteiger partial charge in [0.15, 0.2) is 15.8 Å². The zero-order valence-corrected chi connectivity index (χ0v) is 15.8. The molecule has 0 amide bonds. The number of nitrogens with one attached hydrogen (secondary N) is 2. The standard InChI is InChI=1S/C16H26N4O2S2/c1-2-17-16(19-14-5-10-24(21,22)12-14)18-6-8-20-7-3-15-13(11-20)4-9-23-15/h4,9,14H,2-3,5-8,10-12H2,1H3,(H2,17,18,19). The Bertz CT molecular complexity index is 684. The third kappa shape index (κ3) is 4.70. The van der Waals surface area contributed by atoms with Crippen LogP contribution in [0.4, 0.5) is 0 Å². The molecule has 3 rings (SSSR count). The van der Waals surface area contributed by atoms with Crippen molar-refractivity contribution in [1.82, 2.24) is 15.5 Å². The van der Waals surface area contributed by atoms with Gasteiger partial charge in [-0.1, -0.05) is 0 Å². The second-order valence-electron chi connectivity index (χ2n) is 6.40. The van der Waals surface area contributed by atoms with Gasteiger partial charge in [0, 0.05) is 37.1 Å². The Morgan fingerprint density at radius 2 is 2.38 bits per heavy atom. The average molecular weight is 371 g/mol. The van der Waals surface area contributed by atoms with Crippen LogP contribution in [0.3, 0.4) is 0 Å². The molecule has 1 atom stereocenters. The fourth-order valence-corrected chi connectivity index (χ4v) is 5.79. The van der Waals surface area contributed by atoms with Crippen molar-refractivity contribution in [2.75, 3.05) is 37.7 Å². The van der Waals surface area contributed by atoms with Crippen LogP contribution in [0, 0.1) is 0 Å². The van der Waals surface area contributed by atoms with Gasteiger partial charge in [0.2, 0.25) is 0 Å². The largest absolute Gasteiger partial charge is 0.357 e. The molecule has 24 heavy (non-hydrogen) atoms. The van der Waals surface area contributed by atoms with Gasteiger partial charge in [-0.3, -0.25) is 9.89 Å². The van der Waals surface area contributed by atoms with Crippen LogP contribution < -0.4 is 10.6 Å². The number of aliphatic imine (C=N–C) groups is 1. The molecule has 1 aromatic rings. The van der Waals surface area contributed by atoms with E-state index < -0.39 is 9.84 Å². The SMILES string of the molecule is CCNC(=NCCN1CCc2sccc2C1)NC1CCS(=O)(=O)C1. The summed E-state index contributed by atoms with van der Waals surface area (Å²) in [5.41, 5.74) is 1.46. The molecule has 1 unspecified atom stereocenters. The highest BCUT2D eigenvalue weighted by molar-refractivity contribution is 7.91. The first-order valence-corrected chi connectivity index (χ1v) is 11.3. The van der Waals surface area contributed by atoms with Gasteiger partial charge < -0.3 is 10.6 Å². The Labute approximate surface area is 148 Å². The van der Waals surface area contributed by atoms with E-state index in [-0.39, 0.29) is 17.5 Å². The molecule has 0 bridgehead atoms. The summed E-state index contributed by atoms with van der Waals surface area (Å²) in [7, 11) is -2.87. The predicted octanol–water partition coefficient (Wildman–Crippen LogP) is 0.848. The molecule has 1 saturated heterocycles. The van der Waals surface area contributed by atoms with Gasteiger partial charge in [-0.05, 0) is 36.8 Å². The van der Waals surface area contributed by atoms with E-state index in [0.717, 1.165) is 38.6 Å². The van der Waals surface area contributed by atoms with Crippen LogP contribution in [0.1, 0.15) is 23.8 Å². The minimum atomic E-state index is -2.87. The van der Waals surface area contributed by atoms with Gasteiger partial charge in [0.05, 0.1) is 18.1 Å². The van der Waals surface area contributed by atoms with Gasteiger partial charge in [0.25, 0.3) is 0 Å². The van der Waals surface area contributed by atoms with E-state index in [1.165, 1.54) is 10.4 Å². The van der Waals surface area contributed by atoms with Crippen LogP contribution >= 0.6 is 11.3 Å². The third-order valence-electron chi connectivity index (χ3n) is 4.49. The predicted molar refractivity (Wildman–Crippen MR) is 99.5 cm³/mol. The Balaban J connectivity index is 1.49. The molecule has 0 radical (unpaired) electrons. The monoisotopic (exact) mass is 370 g/mol. The van der Waals surface area contributed by atoms with Crippen molar-refractivity contribution in [1.29, 1.82) is 0 Å². The van der Waals surface area contributed by atoms with E-state index in [1.54, 1.807) is 0 Å². The molecule has 3 heterocycles. The smallest absolute Gasteiger partial charge is 0.191 e. The number of thiophene rings is 1. The first-order valence-electron chi connectivity index (χ1n) is 8.58. The number of guanidine groups is 1. The lowest BCUT2D eigenvalue weighted by atomic mass is 10.1. The highest BCUT2D eigenvalue weighted by atomic mass is 32.2. The number of hydrogen-bond acceptors (Lipinski definition) is 5. The van der Waals surface area contributed by atoms with E-state index in [2.05, 4.69) is 32.0 Å². The van der Waals surface area contributed by atoms with Crippen LogP contribution in [-0.4, -0.2) is 63.0 Å². The molecule has 134 valence electrons. The zero-order chi connectivity index (χ0) is 17.0. The minimum Gasteiger partial charge on any atom is -0.357 e. The molecule has 6 nitrogen and oxygen atoms in total. The maximum absolute atomic E-state index is 11.6. The Morgan fingerprint density at radius 1 is 1.50 bits per heavy atom. The number of sulfone groups is 1. The lowest BCUT2D eigenvalue weighted by Gasteiger charge is -2.26. The van der Waals surface area contributed by atoms with Crippen LogP contribution in [0.15, 0.2) is 16.4 Å².